The Balaban J connectivity index is 1.53. The molecule has 0 aliphatic heterocycles. The first-order valence-corrected chi connectivity index (χ1v) is 9.88. The lowest BCUT2D eigenvalue weighted by atomic mass is 10.0. The van der Waals surface area contributed by atoms with Gasteiger partial charge in [-0.25, -0.2) is 0 Å². The van der Waals surface area contributed by atoms with Crippen LogP contribution < -0.4 is 10.6 Å². The van der Waals surface area contributed by atoms with Gasteiger partial charge in [0.1, 0.15) is 0 Å². The van der Waals surface area contributed by atoms with Crippen LogP contribution in [0.1, 0.15) is 41.4 Å². The fourth-order valence-corrected chi connectivity index (χ4v) is 3.13. The highest BCUT2D eigenvalue weighted by molar-refractivity contribution is 5.96. The van der Waals surface area contributed by atoms with E-state index in [0.717, 1.165) is 23.1 Å². The Morgan fingerprint density at radius 2 is 1.41 bits per heavy atom. The Hall–Kier alpha value is -3.40. The minimum atomic E-state index is -0.264. The summed E-state index contributed by atoms with van der Waals surface area (Å²) >= 11 is 0. The molecule has 0 fully saturated rings. The van der Waals surface area contributed by atoms with E-state index in [1.165, 1.54) is 5.56 Å². The number of carbonyl (C=O) groups is 2. The predicted octanol–water partition coefficient (Wildman–Crippen LogP) is 4.52. The van der Waals surface area contributed by atoms with Gasteiger partial charge in [-0.3, -0.25) is 9.59 Å². The lowest BCUT2D eigenvalue weighted by Gasteiger charge is -2.14. The average molecular weight is 386 g/mol. The highest BCUT2D eigenvalue weighted by Gasteiger charge is 2.11. The third-order valence-electron chi connectivity index (χ3n) is 4.93. The summed E-state index contributed by atoms with van der Waals surface area (Å²) in [7, 11) is 0. The van der Waals surface area contributed by atoms with Crippen LogP contribution in [-0.4, -0.2) is 18.4 Å². The van der Waals surface area contributed by atoms with Crippen LogP contribution in [0.2, 0.25) is 0 Å². The van der Waals surface area contributed by atoms with Crippen LogP contribution in [-0.2, 0) is 11.2 Å². The van der Waals surface area contributed by atoms with Crippen molar-refractivity contribution < 1.29 is 9.59 Å². The first kappa shape index (κ1) is 20.3. The molecule has 3 aromatic rings. The van der Waals surface area contributed by atoms with Crippen LogP contribution in [0.25, 0.3) is 11.1 Å². The summed E-state index contributed by atoms with van der Waals surface area (Å²) in [6.07, 6.45) is 1.01. The molecule has 0 saturated carbocycles. The second-order valence-corrected chi connectivity index (χ2v) is 7.01. The number of rotatable bonds is 7. The van der Waals surface area contributed by atoms with Gasteiger partial charge in [0.15, 0.2) is 0 Å². The molecule has 3 aromatic carbocycles. The van der Waals surface area contributed by atoms with E-state index >= 15 is 0 Å². The van der Waals surface area contributed by atoms with Crippen molar-refractivity contribution in [3.63, 3.8) is 0 Å². The third-order valence-corrected chi connectivity index (χ3v) is 4.93. The topological polar surface area (TPSA) is 58.2 Å². The van der Waals surface area contributed by atoms with Gasteiger partial charge in [0.2, 0.25) is 5.91 Å². The summed E-state index contributed by atoms with van der Waals surface area (Å²) in [6.45, 7) is 3.99. The van der Waals surface area contributed by atoms with Gasteiger partial charge in [-0.1, -0.05) is 73.7 Å². The van der Waals surface area contributed by atoms with Gasteiger partial charge >= 0.3 is 0 Å². The minimum Gasteiger partial charge on any atom is -0.348 e. The largest absolute Gasteiger partial charge is 0.348 e. The van der Waals surface area contributed by atoms with Gasteiger partial charge in [-0.05, 0) is 47.7 Å². The molecule has 0 bridgehead atoms. The zero-order valence-electron chi connectivity index (χ0n) is 16.8. The van der Waals surface area contributed by atoms with Gasteiger partial charge in [-0.15, -0.1) is 0 Å². The number of carbonyl (C=O) groups excluding carboxylic acids is 2. The van der Waals surface area contributed by atoms with Crippen LogP contribution in [0.5, 0.6) is 0 Å². The zero-order chi connectivity index (χ0) is 20.6. The molecular formula is C25H26N2O2. The minimum absolute atomic E-state index is 0.0593. The molecule has 3 rings (SSSR count). The number of benzene rings is 3. The SMILES string of the molecule is CCc1ccc(-c2ccc(C(=O)NCC(=O)NC(C)c3ccccc3)cc2)cc1. The second-order valence-electron chi connectivity index (χ2n) is 7.01. The Bertz CT molecular complexity index is 948. The molecule has 4 nitrogen and oxygen atoms in total. The molecule has 0 aromatic heterocycles. The molecule has 2 N–H and O–H groups in total. The van der Waals surface area contributed by atoms with Crippen molar-refractivity contribution in [1.29, 1.82) is 0 Å². The van der Waals surface area contributed by atoms with E-state index in [2.05, 4.69) is 41.8 Å². The highest BCUT2D eigenvalue weighted by Crippen LogP contribution is 2.20. The van der Waals surface area contributed by atoms with Crippen LogP contribution in [0.15, 0.2) is 78.9 Å². The van der Waals surface area contributed by atoms with E-state index in [-0.39, 0.29) is 24.4 Å². The Morgan fingerprint density at radius 3 is 2.00 bits per heavy atom. The molecule has 1 unspecified atom stereocenters. The summed E-state index contributed by atoms with van der Waals surface area (Å²) in [5.74, 6) is -0.484. The monoisotopic (exact) mass is 386 g/mol. The van der Waals surface area contributed by atoms with E-state index in [1.54, 1.807) is 12.1 Å². The normalized spacial score (nSPS) is 11.5. The standard InChI is InChI=1S/C25H26N2O2/c1-3-19-9-11-21(12-10-19)22-13-15-23(16-14-22)25(29)26-17-24(28)27-18(2)20-7-5-4-6-8-20/h4-16,18H,3,17H2,1-2H3,(H,26,29)(H,27,28). The second kappa shape index (κ2) is 9.69. The number of hydrogen-bond acceptors (Lipinski definition) is 2. The number of hydrogen-bond donors (Lipinski definition) is 2. The van der Waals surface area contributed by atoms with Crippen LogP contribution >= 0.6 is 0 Å². The van der Waals surface area contributed by atoms with Crippen molar-refractivity contribution >= 4 is 11.8 Å². The summed E-state index contributed by atoms with van der Waals surface area (Å²) in [5, 5.41) is 5.57. The smallest absolute Gasteiger partial charge is 0.251 e. The van der Waals surface area contributed by atoms with E-state index in [4.69, 9.17) is 0 Å². The quantitative estimate of drug-likeness (QED) is 0.627. The van der Waals surface area contributed by atoms with Crippen molar-refractivity contribution in [2.45, 2.75) is 26.3 Å². The Morgan fingerprint density at radius 1 is 0.828 bits per heavy atom. The zero-order valence-corrected chi connectivity index (χ0v) is 16.8. The summed E-state index contributed by atoms with van der Waals surface area (Å²) in [4.78, 5) is 24.5. The molecule has 0 aliphatic carbocycles. The molecule has 148 valence electrons. The molecular weight excluding hydrogens is 360 g/mol. The molecule has 2 amide bonds. The first-order valence-electron chi connectivity index (χ1n) is 9.88. The van der Waals surface area contributed by atoms with Crippen LogP contribution in [0.3, 0.4) is 0 Å². The van der Waals surface area contributed by atoms with E-state index in [9.17, 15) is 9.59 Å². The Labute approximate surface area is 172 Å². The van der Waals surface area contributed by atoms with Crippen molar-refractivity contribution in [2.24, 2.45) is 0 Å². The maximum absolute atomic E-state index is 12.3. The Kier molecular flexibility index (Phi) is 6.80. The predicted molar refractivity (Wildman–Crippen MR) is 117 cm³/mol. The molecule has 0 spiro atoms. The fraction of sp³-hybridized carbons (Fsp3) is 0.200. The lowest BCUT2D eigenvalue weighted by Crippen LogP contribution is -2.38. The van der Waals surface area contributed by atoms with E-state index < -0.39 is 0 Å². The summed E-state index contributed by atoms with van der Waals surface area (Å²) in [5.41, 5.74) is 5.02. The van der Waals surface area contributed by atoms with Crippen molar-refractivity contribution in [2.75, 3.05) is 6.54 Å². The lowest BCUT2D eigenvalue weighted by molar-refractivity contribution is -0.120. The van der Waals surface area contributed by atoms with Gasteiger partial charge in [0.25, 0.3) is 5.91 Å². The molecule has 0 heterocycles. The van der Waals surface area contributed by atoms with Crippen LogP contribution in [0, 0.1) is 0 Å². The number of amides is 2. The fourth-order valence-electron chi connectivity index (χ4n) is 3.13. The van der Waals surface area contributed by atoms with Gasteiger partial charge in [0, 0.05) is 5.56 Å². The highest BCUT2D eigenvalue weighted by atomic mass is 16.2. The van der Waals surface area contributed by atoms with Crippen molar-refractivity contribution in [3.05, 3.63) is 95.6 Å². The maximum atomic E-state index is 12.3. The third kappa shape index (κ3) is 5.55. The number of aryl methyl sites for hydroxylation is 1. The molecule has 0 aliphatic rings. The molecule has 4 heteroatoms. The van der Waals surface area contributed by atoms with Gasteiger partial charge < -0.3 is 10.6 Å². The molecule has 29 heavy (non-hydrogen) atoms. The molecule has 0 saturated heterocycles. The maximum Gasteiger partial charge on any atom is 0.251 e. The van der Waals surface area contributed by atoms with Crippen molar-refractivity contribution in [3.8, 4) is 11.1 Å². The van der Waals surface area contributed by atoms with E-state index in [0.29, 0.717) is 5.56 Å². The summed E-state index contributed by atoms with van der Waals surface area (Å²) in [6, 6.07) is 25.4. The average Bonchev–Trinajstić information content (AvgIpc) is 2.78. The molecule has 0 radical (unpaired) electrons. The van der Waals surface area contributed by atoms with E-state index in [1.807, 2.05) is 49.4 Å². The summed E-state index contributed by atoms with van der Waals surface area (Å²) < 4.78 is 0. The molecule has 1 atom stereocenters. The van der Waals surface area contributed by atoms with Crippen LogP contribution in [0.4, 0.5) is 0 Å². The number of nitrogens with one attached hydrogen (secondary N) is 2. The first-order chi connectivity index (χ1) is 14.1. The van der Waals surface area contributed by atoms with Crippen molar-refractivity contribution in [1.82, 2.24) is 10.6 Å². The van der Waals surface area contributed by atoms with Gasteiger partial charge in [0.05, 0.1) is 12.6 Å². The van der Waals surface area contributed by atoms with Gasteiger partial charge in [-0.2, -0.15) is 0 Å².